The number of hydrogen-bond acceptors (Lipinski definition) is 3. The Kier molecular flexibility index (Phi) is 4.70. The molecule has 1 N–H and O–H groups in total. The third kappa shape index (κ3) is 4.11. The van der Waals surface area contributed by atoms with E-state index in [1.165, 1.54) is 12.8 Å². The molecule has 1 amide bonds. The number of nitrogens with one attached hydrogen (secondary N) is 1. The zero-order valence-electron chi connectivity index (χ0n) is 10.9. The lowest BCUT2D eigenvalue weighted by Gasteiger charge is -2.29. The molecular formula is C14H21N3O. The number of nitrogens with zero attached hydrogens (tertiary/aromatic N) is 2. The second-order valence-electron chi connectivity index (χ2n) is 5.06. The fourth-order valence-electron chi connectivity index (χ4n) is 2.17. The van der Waals surface area contributed by atoms with Crippen LogP contribution in [0.4, 0.5) is 0 Å². The van der Waals surface area contributed by atoms with Gasteiger partial charge in [-0.1, -0.05) is 13.0 Å². The lowest BCUT2D eigenvalue weighted by atomic mass is 9.99. The van der Waals surface area contributed by atoms with Crippen LogP contribution in [0, 0.1) is 5.92 Å². The van der Waals surface area contributed by atoms with Gasteiger partial charge in [-0.15, -0.1) is 0 Å². The maximum absolute atomic E-state index is 11.8. The molecule has 2 rings (SSSR count). The summed E-state index contributed by atoms with van der Waals surface area (Å²) in [6.45, 7) is 5.39. The Morgan fingerprint density at radius 2 is 2.22 bits per heavy atom. The zero-order chi connectivity index (χ0) is 12.8. The van der Waals surface area contributed by atoms with Gasteiger partial charge in [0.25, 0.3) is 0 Å². The van der Waals surface area contributed by atoms with E-state index >= 15 is 0 Å². The molecule has 1 saturated heterocycles. The summed E-state index contributed by atoms with van der Waals surface area (Å²) in [6, 6.07) is 5.73. The topological polar surface area (TPSA) is 45.2 Å². The fraction of sp³-hybridized carbons (Fsp3) is 0.571. The third-order valence-corrected chi connectivity index (χ3v) is 3.44. The summed E-state index contributed by atoms with van der Waals surface area (Å²) in [5, 5.41) is 2.91. The average molecular weight is 247 g/mol. The standard InChI is InChI=1S/C14H21N3O/c1-12-5-8-17(9-6-12)11-14(18)16-10-13-4-2-3-7-15-13/h2-4,7,12H,5-6,8-11H2,1H3,(H,16,18). The van der Waals surface area contributed by atoms with Crippen molar-refractivity contribution in [3.8, 4) is 0 Å². The Hall–Kier alpha value is -1.42. The van der Waals surface area contributed by atoms with Crippen molar-refractivity contribution in [2.75, 3.05) is 19.6 Å². The van der Waals surface area contributed by atoms with E-state index in [2.05, 4.69) is 22.1 Å². The number of hydrogen-bond donors (Lipinski definition) is 1. The molecule has 0 aromatic carbocycles. The van der Waals surface area contributed by atoms with Crippen LogP contribution in [0.5, 0.6) is 0 Å². The molecular weight excluding hydrogens is 226 g/mol. The van der Waals surface area contributed by atoms with E-state index in [1.54, 1.807) is 6.20 Å². The highest BCUT2D eigenvalue weighted by molar-refractivity contribution is 5.77. The molecule has 0 saturated carbocycles. The van der Waals surface area contributed by atoms with Gasteiger partial charge in [-0.2, -0.15) is 0 Å². The van der Waals surface area contributed by atoms with E-state index in [-0.39, 0.29) is 5.91 Å². The molecule has 1 fully saturated rings. The Morgan fingerprint density at radius 3 is 2.89 bits per heavy atom. The molecule has 0 atom stereocenters. The Balaban J connectivity index is 1.69. The van der Waals surface area contributed by atoms with Crippen molar-refractivity contribution in [3.63, 3.8) is 0 Å². The number of likely N-dealkylation sites (tertiary alicyclic amines) is 1. The number of rotatable bonds is 4. The number of piperidine rings is 1. The van der Waals surface area contributed by atoms with Crippen molar-refractivity contribution in [3.05, 3.63) is 30.1 Å². The first kappa shape index (κ1) is 13.0. The second-order valence-corrected chi connectivity index (χ2v) is 5.06. The number of carbonyl (C=O) groups is 1. The highest BCUT2D eigenvalue weighted by Crippen LogP contribution is 2.15. The lowest BCUT2D eigenvalue weighted by molar-refractivity contribution is -0.122. The van der Waals surface area contributed by atoms with Gasteiger partial charge < -0.3 is 5.32 Å². The predicted octanol–water partition coefficient (Wildman–Crippen LogP) is 1.43. The minimum absolute atomic E-state index is 0.0928. The van der Waals surface area contributed by atoms with Crippen LogP contribution in [-0.4, -0.2) is 35.4 Å². The quantitative estimate of drug-likeness (QED) is 0.875. The molecule has 1 aromatic rings. The van der Waals surface area contributed by atoms with Crippen molar-refractivity contribution in [2.24, 2.45) is 5.92 Å². The van der Waals surface area contributed by atoms with Gasteiger partial charge in [-0.05, 0) is 44.0 Å². The first-order chi connectivity index (χ1) is 8.74. The maximum Gasteiger partial charge on any atom is 0.234 e. The monoisotopic (exact) mass is 247 g/mol. The molecule has 1 aromatic heterocycles. The van der Waals surface area contributed by atoms with E-state index in [0.29, 0.717) is 13.1 Å². The van der Waals surface area contributed by atoms with Crippen LogP contribution in [0.3, 0.4) is 0 Å². The van der Waals surface area contributed by atoms with E-state index in [1.807, 2.05) is 18.2 Å². The second kappa shape index (κ2) is 6.50. The first-order valence-electron chi connectivity index (χ1n) is 6.63. The molecule has 0 unspecified atom stereocenters. The predicted molar refractivity (Wildman–Crippen MR) is 70.9 cm³/mol. The third-order valence-electron chi connectivity index (χ3n) is 3.44. The molecule has 0 aliphatic carbocycles. The number of carbonyl (C=O) groups excluding carboxylic acids is 1. The SMILES string of the molecule is CC1CCN(CC(=O)NCc2ccccn2)CC1. The van der Waals surface area contributed by atoms with E-state index in [9.17, 15) is 4.79 Å². The van der Waals surface area contributed by atoms with Crippen molar-refractivity contribution < 1.29 is 4.79 Å². The molecule has 1 aliphatic rings. The van der Waals surface area contributed by atoms with Crippen LogP contribution in [-0.2, 0) is 11.3 Å². The Bertz CT molecular complexity index is 372. The van der Waals surface area contributed by atoms with E-state index < -0.39 is 0 Å². The molecule has 2 heterocycles. The number of amides is 1. The van der Waals surface area contributed by atoms with Gasteiger partial charge in [0, 0.05) is 6.20 Å². The Morgan fingerprint density at radius 1 is 1.44 bits per heavy atom. The zero-order valence-corrected chi connectivity index (χ0v) is 10.9. The fourth-order valence-corrected chi connectivity index (χ4v) is 2.17. The summed E-state index contributed by atoms with van der Waals surface area (Å²) in [5.41, 5.74) is 0.901. The maximum atomic E-state index is 11.8. The summed E-state index contributed by atoms with van der Waals surface area (Å²) >= 11 is 0. The van der Waals surface area contributed by atoms with Gasteiger partial charge in [-0.25, -0.2) is 0 Å². The average Bonchev–Trinajstić information content (AvgIpc) is 2.40. The van der Waals surface area contributed by atoms with E-state index in [0.717, 1.165) is 24.7 Å². The lowest BCUT2D eigenvalue weighted by Crippen LogP contribution is -2.41. The smallest absolute Gasteiger partial charge is 0.234 e. The van der Waals surface area contributed by atoms with Gasteiger partial charge >= 0.3 is 0 Å². The molecule has 4 heteroatoms. The van der Waals surface area contributed by atoms with Crippen molar-refractivity contribution >= 4 is 5.91 Å². The summed E-state index contributed by atoms with van der Waals surface area (Å²) in [7, 11) is 0. The minimum atomic E-state index is 0.0928. The van der Waals surface area contributed by atoms with Gasteiger partial charge in [0.15, 0.2) is 0 Å². The van der Waals surface area contributed by atoms with Crippen LogP contribution in [0.25, 0.3) is 0 Å². The van der Waals surface area contributed by atoms with Crippen LogP contribution < -0.4 is 5.32 Å². The Labute approximate surface area is 108 Å². The molecule has 0 bridgehead atoms. The van der Waals surface area contributed by atoms with Crippen LogP contribution >= 0.6 is 0 Å². The van der Waals surface area contributed by atoms with Gasteiger partial charge in [0.05, 0.1) is 18.8 Å². The van der Waals surface area contributed by atoms with Gasteiger partial charge in [-0.3, -0.25) is 14.7 Å². The molecule has 4 nitrogen and oxygen atoms in total. The molecule has 0 spiro atoms. The molecule has 98 valence electrons. The minimum Gasteiger partial charge on any atom is -0.349 e. The highest BCUT2D eigenvalue weighted by atomic mass is 16.2. The summed E-state index contributed by atoms with van der Waals surface area (Å²) in [6.07, 6.45) is 4.15. The van der Waals surface area contributed by atoms with E-state index in [4.69, 9.17) is 0 Å². The van der Waals surface area contributed by atoms with Crippen LogP contribution in [0.2, 0.25) is 0 Å². The molecule has 1 aliphatic heterocycles. The molecule has 0 radical (unpaired) electrons. The van der Waals surface area contributed by atoms with Crippen LogP contribution in [0.15, 0.2) is 24.4 Å². The van der Waals surface area contributed by atoms with Gasteiger partial charge in [0.1, 0.15) is 0 Å². The molecule has 18 heavy (non-hydrogen) atoms. The summed E-state index contributed by atoms with van der Waals surface area (Å²) in [4.78, 5) is 18.2. The normalized spacial score (nSPS) is 17.6. The summed E-state index contributed by atoms with van der Waals surface area (Å²) in [5.74, 6) is 0.896. The van der Waals surface area contributed by atoms with Crippen molar-refractivity contribution in [1.82, 2.24) is 15.2 Å². The first-order valence-corrected chi connectivity index (χ1v) is 6.63. The summed E-state index contributed by atoms with van der Waals surface area (Å²) < 4.78 is 0. The van der Waals surface area contributed by atoms with Crippen molar-refractivity contribution in [1.29, 1.82) is 0 Å². The van der Waals surface area contributed by atoms with Crippen molar-refractivity contribution in [2.45, 2.75) is 26.3 Å². The van der Waals surface area contributed by atoms with Crippen LogP contribution in [0.1, 0.15) is 25.5 Å². The van der Waals surface area contributed by atoms with Gasteiger partial charge in [0.2, 0.25) is 5.91 Å². The number of aromatic nitrogens is 1. The highest BCUT2D eigenvalue weighted by Gasteiger charge is 2.17. The number of pyridine rings is 1. The largest absolute Gasteiger partial charge is 0.349 e.